The van der Waals surface area contributed by atoms with Gasteiger partial charge < -0.3 is 20.1 Å². The van der Waals surface area contributed by atoms with Crippen molar-refractivity contribution in [2.24, 2.45) is 0 Å². The summed E-state index contributed by atoms with van der Waals surface area (Å²) in [6.07, 6.45) is 2.40. The van der Waals surface area contributed by atoms with Crippen molar-refractivity contribution in [1.82, 2.24) is 4.98 Å². The maximum Gasteiger partial charge on any atom is 0.257 e. The number of methoxy groups -OCH3 is 2. The molecule has 0 fully saturated rings. The molecule has 6 heteroatoms. The van der Waals surface area contributed by atoms with Gasteiger partial charge in [0.15, 0.2) is 0 Å². The molecule has 3 rings (SSSR count). The number of anilines is 2. The summed E-state index contributed by atoms with van der Waals surface area (Å²) in [6.45, 7) is 2.69. The fourth-order valence-corrected chi connectivity index (χ4v) is 2.91. The summed E-state index contributed by atoms with van der Waals surface area (Å²) in [4.78, 5) is 16.9. The molecule has 0 unspecified atom stereocenters. The van der Waals surface area contributed by atoms with Crippen molar-refractivity contribution >= 4 is 17.4 Å². The fourth-order valence-electron chi connectivity index (χ4n) is 2.91. The number of pyridine rings is 1. The molecule has 0 aliphatic carbocycles. The Kier molecular flexibility index (Phi) is 6.68. The van der Waals surface area contributed by atoms with Crippen molar-refractivity contribution in [2.75, 3.05) is 31.4 Å². The lowest BCUT2D eigenvalue weighted by atomic mass is 10.1. The Morgan fingerprint density at radius 2 is 1.90 bits per heavy atom. The van der Waals surface area contributed by atoms with Crippen molar-refractivity contribution in [2.45, 2.75) is 13.3 Å². The molecular weight excluding hydrogens is 366 g/mol. The van der Waals surface area contributed by atoms with Gasteiger partial charge in [-0.1, -0.05) is 18.2 Å². The Morgan fingerprint density at radius 3 is 2.62 bits per heavy atom. The van der Waals surface area contributed by atoms with Crippen LogP contribution in [-0.2, 0) is 6.42 Å². The second kappa shape index (κ2) is 9.59. The zero-order chi connectivity index (χ0) is 20.6. The van der Waals surface area contributed by atoms with E-state index in [4.69, 9.17) is 9.47 Å². The highest BCUT2D eigenvalue weighted by Gasteiger charge is 2.10. The van der Waals surface area contributed by atoms with Crippen molar-refractivity contribution < 1.29 is 14.3 Å². The molecule has 1 aromatic heterocycles. The summed E-state index contributed by atoms with van der Waals surface area (Å²) in [5.74, 6) is 1.95. The van der Waals surface area contributed by atoms with Gasteiger partial charge in [-0.05, 0) is 60.9 Å². The van der Waals surface area contributed by atoms with Gasteiger partial charge in [0.2, 0.25) is 0 Å². The number of rotatable bonds is 8. The van der Waals surface area contributed by atoms with Gasteiger partial charge >= 0.3 is 0 Å². The number of nitrogens with zero attached hydrogens (tertiary/aromatic N) is 1. The predicted octanol–water partition coefficient (Wildman–Crippen LogP) is 4.31. The average molecular weight is 391 g/mol. The molecule has 0 aliphatic rings. The maximum absolute atomic E-state index is 12.5. The number of nitrogens with one attached hydrogen (secondary N) is 2. The van der Waals surface area contributed by atoms with Crippen LogP contribution in [0.2, 0.25) is 0 Å². The summed E-state index contributed by atoms with van der Waals surface area (Å²) in [5, 5.41) is 6.15. The van der Waals surface area contributed by atoms with Crippen LogP contribution in [0.15, 0.2) is 60.8 Å². The lowest BCUT2D eigenvalue weighted by Gasteiger charge is -2.11. The molecule has 0 aliphatic heterocycles. The molecule has 0 saturated heterocycles. The molecule has 0 atom stereocenters. The van der Waals surface area contributed by atoms with Gasteiger partial charge in [0.05, 0.1) is 25.5 Å². The minimum absolute atomic E-state index is 0.232. The Morgan fingerprint density at radius 1 is 1.03 bits per heavy atom. The molecular formula is C23H25N3O3. The van der Waals surface area contributed by atoms with E-state index < -0.39 is 0 Å². The van der Waals surface area contributed by atoms with Crippen molar-refractivity contribution in [3.8, 4) is 11.5 Å². The van der Waals surface area contributed by atoms with E-state index in [2.05, 4.69) is 21.7 Å². The normalized spacial score (nSPS) is 10.3. The first-order valence-electron chi connectivity index (χ1n) is 9.38. The number of aryl methyl sites for hydroxylation is 1. The standard InChI is InChI=1S/C23H25N3O3/c1-16-7-9-21(29-3)20(13-16)26-23(27)18-8-10-22(25-15-18)24-12-11-17-5-4-6-19(14-17)28-2/h4-10,13-15H,11-12H2,1-3H3,(H,24,25)(H,26,27). The van der Waals surface area contributed by atoms with Gasteiger partial charge in [0.1, 0.15) is 17.3 Å². The van der Waals surface area contributed by atoms with Crippen LogP contribution in [0, 0.1) is 6.92 Å². The van der Waals surface area contributed by atoms with E-state index in [1.807, 2.05) is 43.3 Å². The Labute approximate surface area is 170 Å². The van der Waals surface area contributed by atoms with Crippen LogP contribution in [0.5, 0.6) is 11.5 Å². The molecule has 29 heavy (non-hydrogen) atoms. The first-order valence-corrected chi connectivity index (χ1v) is 9.38. The highest BCUT2D eigenvalue weighted by atomic mass is 16.5. The van der Waals surface area contributed by atoms with Gasteiger partial charge in [0, 0.05) is 12.7 Å². The van der Waals surface area contributed by atoms with Gasteiger partial charge in [-0.25, -0.2) is 4.98 Å². The number of hydrogen-bond donors (Lipinski definition) is 2. The summed E-state index contributed by atoms with van der Waals surface area (Å²) in [7, 11) is 3.24. The Bertz CT molecular complexity index is 971. The zero-order valence-electron chi connectivity index (χ0n) is 16.9. The van der Waals surface area contributed by atoms with Gasteiger partial charge in [-0.2, -0.15) is 0 Å². The van der Waals surface area contributed by atoms with E-state index in [-0.39, 0.29) is 5.91 Å². The molecule has 2 aromatic carbocycles. The van der Waals surface area contributed by atoms with Crippen LogP contribution < -0.4 is 20.1 Å². The van der Waals surface area contributed by atoms with Gasteiger partial charge in [0.25, 0.3) is 5.91 Å². The number of amides is 1. The molecule has 2 N–H and O–H groups in total. The number of carbonyl (C=O) groups excluding carboxylic acids is 1. The molecule has 6 nitrogen and oxygen atoms in total. The van der Waals surface area contributed by atoms with Crippen LogP contribution in [0.25, 0.3) is 0 Å². The fraction of sp³-hybridized carbons (Fsp3) is 0.217. The third-order valence-electron chi connectivity index (χ3n) is 4.48. The molecule has 150 valence electrons. The second-order valence-corrected chi connectivity index (χ2v) is 6.62. The largest absolute Gasteiger partial charge is 0.497 e. The first-order chi connectivity index (χ1) is 14.1. The molecule has 1 heterocycles. The number of hydrogen-bond acceptors (Lipinski definition) is 5. The SMILES string of the molecule is COc1cccc(CCNc2ccc(C(=O)Nc3cc(C)ccc3OC)cn2)c1. The second-order valence-electron chi connectivity index (χ2n) is 6.62. The lowest BCUT2D eigenvalue weighted by molar-refractivity contribution is 0.102. The van der Waals surface area contributed by atoms with E-state index in [0.29, 0.717) is 17.0 Å². The van der Waals surface area contributed by atoms with E-state index >= 15 is 0 Å². The lowest BCUT2D eigenvalue weighted by Crippen LogP contribution is -2.13. The Balaban J connectivity index is 1.57. The van der Waals surface area contributed by atoms with Crippen LogP contribution in [-0.4, -0.2) is 31.7 Å². The van der Waals surface area contributed by atoms with Crippen molar-refractivity contribution in [3.05, 3.63) is 77.5 Å². The van der Waals surface area contributed by atoms with Crippen molar-refractivity contribution in [3.63, 3.8) is 0 Å². The molecule has 1 amide bonds. The number of aromatic nitrogens is 1. The predicted molar refractivity (Wildman–Crippen MR) is 115 cm³/mol. The van der Waals surface area contributed by atoms with E-state index in [1.54, 1.807) is 32.5 Å². The van der Waals surface area contributed by atoms with Crippen molar-refractivity contribution in [1.29, 1.82) is 0 Å². The van der Waals surface area contributed by atoms with Crippen LogP contribution in [0.3, 0.4) is 0 Å². The monoisotopic (exact) mass is 391 g/mol. The molecule has 3 aromatic rings. The average Bonchev–Trinajstić information content (AvgIpc) is 2.74. The topological polar surface area (TPSA) is 72.5 Å². The van der Waals surface area contributed by atoms with E-state index in [9.17, 15) is 4.79 Å². The Hall–Kier alpha value is -3.54. The number of carbonyl (C=O) groups is 1. The van der Waals surface area contributed by atoms with Crippen LogP contribution in [0.1, 0.15) is 21.5 Å². The van der Waals surface area contributed by atoms with Crippen LogP contribution in [0.4, 0.5) is 11.5 Å². The first kappa shape index (κ1) is 20.2. The highest BCUT2D eigenvalue weighted by molar-refractivity contribution is 6.05. The van der Waals surface area contributed by atoms with E-state index in [1.165, 1.54) is 5.56 Å². The number of ether oxygens (including phenoxy) is 2. The smallest absolute Gasteiger partial charge is 0.257 e. The molecule has 0 bridgehead atoms. The zero-order valence-corrected chi connectivity index (χ0v) is 16.9. The number of benzene rings is 2. The van der Waals surface area contributed by atoms with Gasteiger partial charge in [-0.3, -0.25) is 4.79 Å². The van der Waals surface area contributed by atoms with Crippen LogP contribution >= 0.6 is 0 Å². The highest BCUT2D eigenvalue weighted by Crippen LogP contribution is 2.25. The summed E-state index contributed by atoms with van der Waals surface area (Å²) < 4.78 is 10.5. The maximum atomic E-state index is 12.5. The minimum Gasteiger partial charge on any atom is -0.497 e. The summed E-state index contributed by atoms with van der Waals surface area (Å²) >= 11 is 0. The summed E-state index contributed by atoms with van der Waals surface area (Å²) in [5.41, 5.74) is 3.33. The molecule has 0 saturated carbocycles. The quantitative estimate of drug-likeness (QED) is 0.598. The molecule has 0 spiro atoms. The third-order valence-corrected chi connectivity index (χ3v) is 4.48. The summed E-state index contributed by atoms with van der Waals surface area (Å²) in [6, 6.07) is 17.2. The minimum atomic E-state index is -0.232. The van der Waals surface area contributed by atoms with Gasteiger partial charge in [-0.15, -0.1) is 0 Å². The third kappa shape index (κ3) is 5.48. The van der Waals surface area contributed by atoms with E-state index in [0.717, 1.165) is 30.1 Å². The molecule has 0 radical (unpaired) electrons.